The summed E-state index contributed by atoms with van der Waals surface area (Å²) in [5, 5.41) is 17.7. The molecule has 2 aromatic heterocycles. The van der Waals surface area contributed by atoms with Crippen molar-refractivity contribution in [3.63, 3.8) is 0 Å². The average Bonchev–Trinajstić information content (AvgIpc) is 3.31. The number of ether oxygens (including phenoxy) is 2. The van der Waals surface area contributed by atoms with Crippen molar-refractivity contribution in [1.82, 2.24) is 9.78 Å². The van der Waals surface area contributed by atoms with Crippen LogP contribution in [-0.4, -0.2) is 27.7 Å². The highest BCUT2D eigenvalue weighted by molar-refractivity contribution is 6.32. The minimum absolute atomic E-state index is 0.0556. The molecule has 3 aromatic rings. The minimum atomic E-state index is -0.548. The van der Waals surface area contributed by atoms with Gasteiger partial charge in [-0.15, -0.1) is 0 Å². The number of benzene rings is 1. The van der Waals surface area contributed by atoms with E-state index in [1.165, 1.54) is 42.3 Å². The van der Waals surface area contributed by atoms with Gasteiger partial charge < -0.3 is 19.2 Å². The molecule has 1 N–H and O–H groups in total. The molecule has 0 bridgehead atoms. The third-order valence-electron chi connectivity index (χ3n) is 3.53. The number of hydrogen-bond acceptors (Lipinski definition) is 7. The number of hydrogen-bond donors (Lipinski definition) is 1. The second-order valence-corrected chi connectivity index (χ2v) is 5.97. The largest absolute Gasteiger partial charge is 0.484 e. The first-order valence-corrected chi connectivity index (χ1v) is 8.32. The fraction of sp³-hybridized carbons (Fsp3) is 0.176. The Labute approximate surface area is 163 Å². The number of carbonyl (C=O) groups excluding carboxylic acids is 1. The molecule has 3 rings (SSSR count). The summed E-state index contributed by atoms with van der Waals surface area (Å²) in [6, 6.07) is 6.92. The SMILES string of the molecule is COCn1cc(NC(=O)c2ccc(COc3cc([N+](=O)[O-])ccc3Cl)o2)cn1. The van der Waals surface area contributed by atoms with Gasteiger partial charge in [-0.05, 0) is 18.2 Å². The number of furan rings is 1. The molecular formula is C17H15ClN4O6. The Morgan fingerprint density at radius 1 is 1.39 bits per heavy atom. The van der Waals surface area contributed by atoms with Gasteiger partial charge in [0.05, 0.1) is 34.1 Å². The third kappa shape index (κ3) is 4.67. The lowest BCUT2D eigenvalue weighted by molar-refractivity contribution is -0.384. The summed E-state index contributed by atoms with van der Waals surface area (Å²) in [6.07, 6.45) is 3.09. The molecule has 11 heteroatoms. The second-order valence-electron chi connectivity index (χ2n) is 5.57. The Balaban J connectivity index is 1.61. The lowest BCUT2D eigenvalue weighted by atomic mass is 10.3. The molecule has 1 aromatic carbocycles. The minimum Gasteiger partial charge on any atom is -0.484 e. The number of carbonyl (C=O) groups is 1. The van der Waals surface area contributed by atoms with E-state index in [2.05, 4.69) is 10.4 Å². The van der Waals surface area contributed by atoms with Crippen molar-refractivity contribution in [2.24, 2.45) is 0 Å². The van der Waals surface area contributed by atoms with E-state index in [9.17, 15) is 14.9 Å². The van der Waals surface area contributed by atoms with E-state index in [4.69, 9.17) is 25.5 Å². The number of nitrogens with one attached hydrogen (secondary N) is 1. The first kappa shape index (κ1) is 19.4. The summed E-state index contributed by atoms with van der Waals surface area (Å²) in [4.78, 5) is 22.5. The Hall–Kier alpha value is -3.37. The topological polar surface area (TPSA) is 122 Å². The van der Waals surface area contributed by atoms with Crippen LogP contribution in [0.1, 0.15) is 16.3 Å². The maximum atomic E-state index is 12.2. The molecule has 0 saturated heterocycles. The van der Waals surface area contributed by atoms with Gasteiger partial charge in [0.1, 0.15) is 24.8 Å². The van der Waals surface area contributed by atoms with Gasteiger partial charge in [-0.2, -0.15) is 5.10 Å². The zero-order valence-electron chi connectivity index (χ0n) is 14.6. The Bertz CT molecular complexity index is 999. The fourth-order valence-corrected chi connectivity index (χ4v) is 2.44. The number of halogens is 1. The highest BCUT2D eigenvalue weighted by Crippen LogP contribution is 2.29. The van der Waals surface area contributed by atoms with E-state index in [-0.39, 0.29) is 35.6 Å². The summed E-state index contributed by atoms with van der Waals surface area (Å²) in [7, 11) is 1.53. The van der Waals surface area contributed by atoms with E-state index in [0.29, 0.717) is 11.4 Å². The second kappa shape index (κ2) is 8.55. The predicted molar refractivity (Wildman–Crippen MR) is 98.3 cm³/mol. The number of nitro benzene ring substituents is 1. The first-order chi connectivity index (χ1) is 13.5. The Morgan fingerprint density at radius 3 is 2.96 bits per heavy atom. The zero-order chi connectivity index (χ0) is 20.1. The molecule has 0 fully saturated rings. The number of rotatable bonds is 8. The van der Waals surface area contributed by atoms with Crippen LogP contribution in [0.15, 0.2) is 47.1 Å². The molecule has 0 saturated carbocycles. The van der Waals surface area contributed by atoms with Crippen LogP contribution >= 0.6 is 11.6 Å². The average molecular weight is 407 g/mol. The highest BCUT2D eigenvalue weighted by atomic mass is 35.5. The Kier molecular flexibility index (Phi) is 5.92. The molecular weight excluding hydrogens is 392 g/mol. The van der Waals surface area contributed by atoms with Crippen molar-refractivity contribution in [2.75, 3.05) is 12.4 Å². The van der Waals surface area contributed by atoms with Crippen LogP contribution in [0.5, 0.6) is 5.75 Å². The number of aromatic nitrogens is 2. The van der Waals surface area contributed by atoms with Gasteiger partial charge in [0.2, 0.25) is 0 Å². The quantitative estimate of drug-likeness (QED) is 0.449. The molecule has 2 heterocycles. The summed E-state index contributed by atoms with van der Waals surface area (Å²) < 4.78 is 17.4. The van der Waals surface area contributed by atoms with Crippen molar-refractivity contribution < 1.29 is 23.6 Å². The van der Waals surface area contributed by atoms with E-state index in [1.54, 1.807) is 12.3 Å². The summed E-state index contributed by atoms with van der Waals surface area (Å²) in [6.45, 7) is 0.207. The molecule has 0 aliphatic rings. The lowest BCUT2D eigenvalue weighted by Crippen LogP contribution is -2.10. The van der Waals surface area contributed by atoms with Crippen molar-refractivity contribution in [2.45, 2.75) is 13.3 Å². The van der Waals surface area contributed by atoms with Crippen LogP contribution in [0.3, 0.4) is 0 Å². The molecule has 1 amide bonds. The van der Waals surface area contributed by atoms with Crippen LogP contribution in [-0.2, 0) is 18.1 Å². The van der Waals surface area contributed by atoms with Crippen molar-refractivity contribution in [1.29, 1.82) is 0 Å². The molecule has 28 heavy (non-hydrogen) atoms. The van der Waals surface area contributed by atoms with Crippen LogP contribution < -0.4 is 10.1 Å². The molecule has 0 unspecified atom stereocenters. The van der Waals surface area contributed by atoms with E-state index < -0.39 is 10.8 Å². The summed E-state index contributed by atoms with van der Waals surface area (Å²) in [5.41, 5.74) is 0.340. The Morgan fingerprint density at radius 2 is 2.21 bits per heavy atom. The van der Waals surface area contributed by atoms with Gasteiger partial charge in [-0.3, -0.25) is 14.9 Å². The molecule has 0 atom stereocenters. The molecule has 0 spiro atoms. The predicted octanol–water partition coefficient (Wildman–Crippen LogP) is 3.47. The van der Waals surface area contributed by atoms with Gasteiger partial charge in [0.25, 0.3) is 11.6 Å². The number of non-ortho nitro benzene ring substituents is 1. The molecule has 0 aliphatic heterocycles. The molecule has 0 aliphatic carbocycles. The number of nitro groups is 1. The third-order valence-corrected chi connectivity index (χ3v) is 3.85. The number of methoxy groups -OCH3 is 1. The number of nitrogens with zero attached hydrogens (tertiary/aromatic N) is 3. The maximum Gasteiger partial charge on any atom is 0.291 e. The summed E-state index contributed by atoms with van der Waals surface area (Å²) in [5.74, 6) is 0.103. The number of anilines is 1. The fourth-order valence-electron chi connectivity index (χ4n) is 2.27. The van der Waals surface area contributed by atoms with Gasteiger partial charge in [-0.1, -0.05) is 11.6 Å². The monoisotopic (exact) mass is 406 g/mol. The van der Waals surface area contributed by atoms with Crippen LogP contribution in [0.2, 0.25) is 5.02 Å². The van der Waals surface area contributed by atoms with Gasteiger partial charge in [-0.25, -0.2) is 4.68 Å². The normalized spacial score (nSPS) is 10.6. The maximum absolute atomic E-state index is 12.2. The van der Waals surface area contributed by atoms with E-state index in [0.717, 1.165) is 0 Å². The van der Waals surface area contributed by atoms with Gasteiger partial charge in [0.15, 0.2) is 5.76 Å². The van der Waals surface area contributed by atoms with Crippen molar-refractivity contribution in [3.05, 3.63) is 69.4 Å². The standard InChI is InChI=1S/C17H15ClN4O6/c1-26-10-21-8-11(7-19-21)20-17(23)15-5-3-13(28-15)9-27-16-6-12(22(24)25)2-4-14(16)18/h2-8H,9-10H2,1H3,(H,20,23). The zero-order valence-corrected chi connectivity index (χ0v) is 15.4. The molecule has 0 radical (unpaired) electrons. The summed E-state index contributed by atoms with van der Waals surface area (Å²) >= 11 is 5.98. The smallest absolute Gasteiger partial charge is 0.291 e. The lowest BCUT2D eigenvalue weighted by Gasteiger charge is -2.06. The van der Waals surface area contributed by atoms with Gasteiger partial charge in [0, 0.05) is 13.2 Å². The van der Waals surface area contributed by atoms with Crippen molar-refractivity contribution >= 4 is 28.9 Å². The molecule has 10 nitrogen and oxygen atoms in total. The van der Waals surface area contributed by atoms with Gasteiger partial charge >= 0.3 is 0 Å². The van der Waals surface area contributed by atoms with Crippen LogP contribution in [0.4, 0.5) is 11.4 Å². The number of amides is 1. The highest BCUT2D eigenvalue weighted by Gasteiger charge is 2.15. The van der Waals surface area contributed by atoms with E-state index in [1.807, 2.05) is 0 Å². The van der Waals surface area contributed by atoms with Crippen LogP contribution in [0.25, 0.3) is 0 Å². The van der Waals surface area contributed by atoms with Crippen molar-refractivity contribution in [3.8, 4) is 5.75 Å². The molecule has 146 valence electrons. The first-order valence-electron chi connectivity index (χ1n) is 7.94. The van der Waals surface area contributed by atoms with E-state index >= 15 is 0 Å². The van der Waals surface area contributed by atoms with Crippen LogP contribution in [0, 0.1) is 10.1 Å².